The summed E-state index contributed by atoms with van der Waals surface area (Å²) in [6, 6.07) is 18.1. The first-order valence-corrected chi connectivity index (χ1v) is 14.0. The molecular weight excluding hydrogens is 552 g/mol. The predicted octanol–water partition coefficient (Wildman–Crippen LogP) is 3.48. The van der Waals surface area contributed by atoms with Gasteiger partial charge in [-0.05, 0) is 66.9 Å². The van der Waals surface area contributed by atoms with E-state index in [0.29, 0.717) is 52.6 Å². The molecule has 2 N–H and O–H groups in total. The molecule has 2 atom stereocenters. The Morgan fingerprint density at radius 3 is 2.51 bits per heavy atom. The van der Waals surface area contributed by atoms with Gasteiger partial charge in [0.1, 0.15) is 18.1 Å². The molecular formula is C31H34N6O6. The molecule has 1 aliphatic heterocycles. The average molecular weight is 587 g/mol. The molecule has 0 saturated carbocycles. The molecule has 2 heterocycles. The lowest BCUT2D eigenvalue weighted by Crippen LogP contribution is -2.46. The van der Waals surface area contributed by atoms with Crippen LogP contribution in [-0.4, -0.2) is 66.2 Å². The first kappa shape index (κ1) is 29.5. The number of para-hydroxylation sites is 1. The molecule has 12 heteroatoms. The average Bonchev–Trinajstić information content (AvgIpc) is 3.69. The molecule has 0 unspecified atom stereocenters. The maximum Gasteiger partial charge on any atom is 0.249 e. The van der Waals surface area contributed by atoms with Crippen LogP contribution in [0.2, 0.25) is 0 Å². The molecule has 1 fully saturated rings. The number of benzene rings is 3. The summed E-state index contributed by atoms with van der Waals surface area (Å²) in [6.45, 7) is 2.19. The number of ether oxygens (including phenoxy) is 3. The van der Waals surface area contributed by atoms with Crippen molar-refractivity contribution < 1.29 is 28.6 Å². The molecule has 43 heavy (non-hydrogen) atoms. The standard InChI is InChI=1S/C31H34N6O6/c1-20(38)33-22-11-13-23(14-12-22)37(29(39)19-36-26-9-5-4-8-25(26)34-35-36)30(31(40)32-18-24-7-6-16-43-24)21-10-15-27(41-2)28(17-21)42-3/h4-5,8-15,17,24,30H,6-7,16,18-19H2,1-3H3,(H,32,40)(H,33,38)/t24-,30+/m1/s1. The number of fused-ring (bicyclic) bond motifs is 1. The molecule has 1 aliphatic rings. The zero-order chi connectivity index (χ0) is 30.3. The lowest BCUT2D eigenvalue weighted by atomic mass is 10.0. The summed E-state index contributed by atoms with van der Waals surface area (Å²) in [5.74, 6) is -0.139. The van der Waals surface area contributed by atoms with Crippen LogP contribution in [0.1, 0.15) is 31.4 Å². The van der Waals surface area contributed by atoms with Crippen molar-refractivity contribution >= 4 is 40.1 Å². The Morgan fingerprint density at radius 1 is 1.05 bits per heavy atom. The summed E-state index contributed by atoms with van der Waals surface area (Å²) in [5, 5.41) is 14.1. The number of hydrogen-bond donors (Lipinski definition) is 2. The SMILES string of the molecule is COc1ccc([C@@H](C(=O)NC[C@H]2CCCO2)N(C(=O)Cn2nnc3ccccc32)c2ccc(NC(C)=O)cc2)cc1OC. The van der Waals surface area contributed by atoms with E-state index >= 15 is 0 Å². The van der Waals surface area contributed by atoms with Gasteiger partial charge >= 0.3 is 0 Å². The Labute approximate surface area is 248 Å². The van der Waals surface area contributed by atoms with Crippen molar-refractivity contribution in [2.75, 3.05) is 37.6 Å². The number of hydrogen-bond acceptors (Lipinski definition) is 8. The lowest BCUT2D eigenvalue weighted by molar-refractivity contribution is -0.127. The molecule has 1 saturated heterocycles. The van der Waals surface area contributed by atoms with E-state index in [1.54, 1.807) is 42.5 Å². The van der Waals surface area contributed by atoms with Crippen molar-refractivity contribution in [3.05, 3.63) is 72.3 Å². The van der Waals surface area contributed by atoms with E-state index in [0.717, 1.165) is 12.8 Å². The lowest BCUT2D eigenvalue weighted by Gasteiger charge is -2.32. The third-order valence-corrected chi connectivity index (χ3v) is 7.20. The largest absolute Gasteiger partial charge is 0.493 e. The maximum absolute atomic E-state index is 14.3. The molecule has 0 radical (unpaired) electrons. The van der Waals surface area contributed by atoms with Gasteiger partial charge in [-0.3, -0.25) is 19.3 Å². The van der Waals surface area contributed by atoms with Crippen LogP contribution in [0.15, 0.2) is 66.7 Å². The van der Waals surface area contributed by atoms with Crippen LogP contribution < -0.4 is 25.0 Å². The Morgan fingerprint density at radius 2 is 1.81 bits per heavy atom. The molecule has 12 nitrogen and oxygen atoms in total. The second kappa shape index (κ2) is 13.3. The number of methoxy groups -OCH3 is 2. The van der Waals surface area contributed by atoms with Crippen molar-refractivity contribution in [3.8, 4) is 11.5 Å². The number of amides is 3. The van der Waals surface area contributed by atoms with E-state index in [-0.39, 0.29) is 18.6 Å². The molecule has 5 rings (SSSR count). The highest BCUT2D eigenvalue weighted by Gasteiger charge is 2.34. The van der Waals surface area contributed by atoms with Gasteiger partial charge < -0.3 is 24.8 Å². The topological polar surface area (TPSA) is 137 Å². The number of anilines is 2. The number of rotatable bonds is 11. The predicted molar refractivity (Wildman–Crippen MR) is 160 cm³/mol. The molecule has 224 valence electrons. The van der Waals surface area contributed by atoms with Crippen LogP contribution >= 0.6 is 0 Å². The number of nitrogens with one attached hydrogen (secondary N) is 2. The molecule has 0 bridgehead atoms. The Balaban J connectivity index is 1.58. The normalized spacial score (nSPS) is 15.1. The van der Waals surface area contributed by atoms with Gasteiger partial charge in [0, 0.05) is 31.5 Å². The Kier molecular flexibility index (Phi) is 9.16. The highest BCUT2D eigenvalue weighted by atomic mass is 16.5. The van der Waals surface area contributed by atoms with Gasteiger partial charge in [0.25, 0.3) is 0 Å². The van der Waals surface area contributed by atoms with E-state index in [4.69, 9.17) is 14.2 Å². The smallest absolute Gasteiger partial charge is 0.249 e. The minimum atomic E-state index is -1.10. The summed E-state index contributed by atoms with van der Waals surface area (Å²) in [7, 11) is 3.03. The van der Waals surface area contributed by atoms with Crippen molar-refractivity contribution in [3.63, 3.8) is 0 Å². The van der Waals surface area contributed by atoms with Gasteiger partial charge in [0.15, 0.2) is 11.5 Å². The summed E-state index contributed by atoms with van der Waals surface area (Å²) < 4.78 is 18.2. The fourth-order valence-electron chi connectivity index (χ4n) is 5.14. The second-order valence-electron chi connectivity index (χ2n) is 10.1. The number of carbonyl (C=O) groups is 3. The Bertz CT molecular complexity index is 1600. The van der Waals surface area contributed by atoms with E-state index in [2.05, 4.69) is 20.9 Å². The van der Waals surface area contributed by atoms with Gasteiger partial charge in [0.05, 0.1) is 25.8 Å². The second-order valence-corrected chi connectivity index (χ2v) is 10.1. The van der Waals surface area contributed by atoms with Crippen LogP contribution in [-0.2, 0) is 25.7 Å². The highest BCUT2D eigenvalue weighted by Crippen LogP contribution is 2.35. The monoisotopic (exact) mass is 586 g/mol. The summed E-state index contributed by atoms with van der Waals surface area (Å²) in [4.78, 5) is 41.4. The van der Waals surface area contributed by atoms with E-state index < -0.39 is 17.9 Å². The summed E-state index contributed by atoms with van der Waals surface area (Å²) in [6.07, 6.45) is 1.67. The van der Waals surface area contributed by atoms with Crippen molar-refractivity contribution in [1.29, 1.82) is 0 Å². The van der Waals surface area contributed by atoms with E-state index in [1.165, 1.54) is 30.7 Å². The summed E-state index contributed by atoms with van der Waals surface area (Å²) in [5.41, 5.74) is 2.83. The van der Waals surface area contributed by atoms with Crippen LogP contribution in [0.3, 0.4) is 0 Å². The molecule has 4 aromatic rings. The number of aromatic nitrogens is 3. The van der Waals surface area contributed by atoms with Crippen LogP contribution in [0, 0.1) is 0 Å². The molecule has 0 spiro atoms. The molecule has 1 aromatic heterocycles. The van der Waals surface area contributed by atoms with Crippen LogP contribution in [0.5, 0.6) is 11.5 Å². The minimum absolute atomic E-state index is 0.0994. The van der Waals surface area contributed by atoms with Gasteiger partial charge in [-0.2, -0.15) is 0 Å². The molecule has 3 amide bonds. The van der Waals surface area contributed by atoms with Gasteiger partial charge in [-0.1, -0.05) is 23.4 Å². The third kappa shape index (κ3) is 6.75. The molecule has 3 aromatic carbocycles. The van der Waals surface area contributed by atoms with Crippen LogP contribution in [0.4, 0.5) is 11.4 Å². The van der Waals surface area contributed by atoms with Crippen molar-refractivity contribution in [1.82, 2.24) is 20.3 Å². The first-order chi connectivity index (χ1) is 20.9. The number of nitrogens with zero attached hydrogens (tertiary/aromatic N) is 4. The number of carbonyl (C=O) groups excluding carboxylic acids is 3. The van der Waals surface area contributed by atoms with E-state index in [1.807, 2.05) is 24.3 Å². The zero-order valence-corrected chi connectivity index (χ0v) is 24.3. The quantitative estimate of drug-likeness (QED) is 0.273. The fourth-order valence-corrected chi connectivity index (χ4v) is 5.14. The molecule has 0 aliphatic carbocycles. The van der Waals surface area contributed by atoms with Crippen molar-refractivity contribution in [2.24, 2.45) is 0 Å². The van der Waals surface area contributed by atoms with Gasteiger partial charge in [-0.25, -0.2) is 4.68 Å². The first-order valence-electron chi connectivity index (χ1n) is 14.0. The minimum Gasteiger partial charge on any atom is -0.493 e. The van der Waals surface area contributed by atoms with Crippen LogP contribution in [0.25, 0.3) is 11.0 Å². The van der Waals surface area contributed by atoms with Gasteiger partial charge in [-0.15, -0.1) is 5.10 Å². The van der Waals surface area contributed by atoms with Crippen molar-refractivity contribution in [2.45, 2.75) is 38.5 Å². The zero-order valence-electron chi connectivity index (χ0n) is 24.3. The third-order valence-electron chi connectivity index (χ3n) is 7.20. The Hall–Kier alpha value is -4.97. The fraction of sp³-hybridized carbons (Fsp3) is 0.323. The maximum atomic E-state index is 14.3. The summed E-state index contributed by atoms with van der Waals surface area (Å²) >= 11 is 0. The highest BCUT2D eigenvalue weighted by molar-refractivity contribution is 6.02. The van der Waals surface area contributed by atoms with Gasteiger partial charge in [0.2, 0.25) is 17.7 Å². The van der Waals surface area contributed by atoms with E-state index in [9.17, 15) is 14.4 Å².